The maximum absolute atomic E-state index is 13.2. The molecule has 0 saturated heterocycles. The maximum Gasteiger partial charge on any atom is 0.283 e. The van der Waals surface area contributed by atoms with E-state index >= 15 is 0 Å². The SMILES string of the molecule is C=CCn1ncc(NC(C)c2cccc(F)c2)c(Br)c1=O. The first-order chi connectivity index (χ1) is 10.0. The van der Waals surface area contributed by atoms with Gasteiger partial charge in [-0.05, 0) is 40.5 Å². The van der Waals surface area contributed by atoms with Crippen molar-refractivity contribution in [3.05, 3.63) is 69.3 Å². The Morgan fingerprint density at radius 2 is 2.33 bits per heavy atom. The second-order valence-electron chi connectivity index (χ2n) is 4.57. The Morgan fingerprint density at radius 1 is 1.57 bits per heavy atom. The minimum atomic E-state index is -0.292. The minimum absolute atomic E-state index is 0.159. The predicted molar refractivity (Wildman–Crippen MR) is 84.8 cm³/mol. The van der Waals surface area contributed by atoms with E-state index in [-0.39, 0.29) is 17.4 Å². The Morgan fingerprint density at radius 3 is 3.00 bits per heavy atom. The topological polar surface area (TPSA) is 46.9 Å². The van der Waals surface area contributed by atoms with Gasteiger partial charge in [-0.3, -0.25) is 4.79 Å². The van der Waals surface area contributed by atoms with Gasteiger partial charge in [0.05, 0.1) is 18.4 Å². The van der Waals surface area contributed by atoms with E-state index in [1.165, 1.54) is 16.8 Å². The van der Waals surface area contributed by atoms with Crippen LogP contribution >= 0.6 is 15.9 Å². The molecule has 1 N–H and O–H groups in total. The molecular formula is C15H15BrFN3O. The fourth-order valence-corrected chi connectivity index (χ4v) is 2.33. The van der Waals surface area contributed by atoms with Crippen molar-refractivity contribution in [3.63, 3.8) is 0 Å². The van der Waals surface area contributed by atoms with Crippen LogP contribution in [0.15, 0.2) is 52.4 Å². The monoisotopic (exact) mass is 351 g/mol. The minimum Gasteiger partial charge on any atom is -0.376 e. The Kier molecular flexibility index (Phi) is 4.90. The van der Waals surface area contributed by atoms with Crippen molar-refractivity contribution in [2.45, 2.75) is 19.5 Å². The zero-order chi connectivity index (χ0) is 15.4. The quantitative estimate of drug-likeness (QED) is 0.838. The molecule has 0 bridgehead atoms. The molecule has 0 aliphatic carbocycles. The van der Waals surface area contributed by atoms with Crippen molar-refractivity contribution in [1.82, 2.24) is 9.78 Å². The highest BCUT2D eigenvalue weighted by atomic mass is 79.9. The highest BCUT2D eigenvalue weighted by molar-refractivity contribution is 9.10. The number of hydrogen-bond acceptors (Lipinski definition) is 3. The van der Waals surface area contributed by atoms with Gasteiger partial charge in [0.25, 0.3) is 5.56 Å². The van der Waals surface area contributed by atoms with Gasteiger partial charge in [-0.25, -0.2) is 9.07 Å². The molecule has 1 atom stereocenters. The van der Waals surface area contributed by atoms with Crippen molar-refractivity contribution in [1.29, 1.82) is 0 Å². The summed E-state index contributed by atoms with van der Waals surface area (Å²) in [6.07, 6.45) is 3.16. The molecule has 0 aliphatic rings. The highest BCUT2D eigenvalue weighted by Crippen LogP contribution is 2.23. The van der Waals surface area contributed by atoms with Crippen LogP contribution in [0.4, 0.5) is 10.1 Å². The Hall–Kier alpha value is -1.95. The maximum atomic E-state index is 13.2. The molecule has 1 heterocycles. The Balaban J connectivity index is 2.25. The average molecular weight is 352 g/mol. The van der Waals surface area contributed by atoms with Crippen LogP contribution in [0.5, 0.6) is 0 Å². The summed E-state index contributed by atoms with van der Waals surface area (Å²) in [7, 11) is 0. The Labute approximate surface area is 130 Å². The zero-order valence-corrected chi connectivity index (χ0v) is 13.1. The summed E-state index contributed by atoms with van der Waals surface area (Å²) in [5.74, 6) is -0.292. The molecular weight excluding hydrogens is 337 g/mol. The number of rotatable bonds is 5. The summed E-state index contributed by atoms with van der Waals surface area (Å²) in [4.78, 5) is 12.1. The number of allylic oxidation sites excluding steroid dienone is 1. The van der Waals surface area contributed by atoms with Gasteiger partial charge in [-0.1, -0.05) is 18.2 Å². The van der Waals surface area contributed by atoms with Crippen LogP contribution < -0.4 is 10.9 Å². The summed E-state index contributed by atoms with van der Waals surface area (Å²) < 4.78 is 14.9. The molecule has 0 amide bonds. The first-order valence-electron chi connectivity index (χ1n) is 6.41. The summed E-state index contributed by atoms with van der Waals surface area (Å²) >= 11 is 3.27. The summed E-state index contributed by atoms with van der Waals surface area (Å²) in [6, 6.07) is 6.16. The van der Waals surface area contributed by atoms with Crippen molar-refractivity contribution in [3.8, 4) is 0 Å². The molecule has 0 radical (unpaired) electrons. The van der Waals surface area contributed by atoms with E-state index in [4.69, 9.17) is 0 Å². The predicted octanol–water partition coefficient (Wildman–Crippen LogP) is 3.50. The summed E-state index contributed by atoms with van der Waals surface area (Å²) in [5, 5.41) is 7.21. The van der Waals surface area contributed by atoms with E-state index in [1.54, 1.807) is 18.3 Å². The highest BCUT2D eigenvalue weighted by Gasteiger charge is 2.12. The summed E-state index contributed by atoms with van der Waals surface area (Å²) in [6.45, 7) is 5.81. The number of benzene rings is 1. The van der Waals surface area contributed by atoms with Gasteiger partial charge in [0.2, 0.25) is 0 Å². The van der Waals surface area contributed by atoms with Crippen LogP contribution in [0.1, 0.15) is 18.5 Å². The number of nitrogens with one attached hydrogen (secondary N) is 1. The van der Waals surface area contributed by atoms with Gasteiger partial charge < -0.3 is 5.32 Å². The normalized spacial score (nSPS) is 12.0. The first-order valence-corrected chi connectivity index (χ1v) is 7.20. The number of nitrogens with zero attached hydrogens (tertiary/aromatic N) is 2. The zero-order valence-electron chi connectivity index (χ0n) is 11.5. The third-order valence-corrected chi connectivity index (χ3v) is 3.77. The van der Waals surface area contributed by atoms with Crippen molar-refractivity contribution >= 4 is 21.6 Å². The van der Waals surface area contributed by atoms with Gasteiger partial charge in [0.1, 0.15) is 10.3 Å². The molecule has 110 valence electrons. The smallest absolute Gasteiger partial charge is 0.283 e. The third kappa shape index (κ3) is 3.58. The lowest BCUT2D eigenvalue weighted by Crippen LogP contribution is -2.24. The van der Waals surface area contributed by atoms with Gasteiger partial charge in [-0.15, -0.1) is 6.58 Å². The second kappa shape index (κ2) is 6.67. The molecule has 0 fully saturated rings. The van der Waals surface area contributed by atoms with Gasteiger partial charge in [0.15, 0.2) is 0 Å². The standard InChI is InChI=1S/C15H15BrFN3O/c1-3-7-20-15(21)14(16)13(9-18-20)19-10(2)11-5-4-6-12(17)8-11/h3-6,8-10,19H,1,7H2,2H3. The number of aromatic nitrogens is 2. The molecule has 4 nitrogen and oxygen atoms in total. The average Bonchev–Trinajstić information content (AvgIpc) is 2.47. The molecule has 0 spiro atoms. The molecule has 0 saturated carbocycles. The summed E-state index contributed by atoms with van der Waals surface area (Å²) in [5.41, 5.74) is 1.11. The van der Waals surface area contributed by atoms with Crippen LogP contribution in [0.3, 0.4) is 0 Å². The van der Waals surface area contributed by atoms with E-state index in [2.05, 4.69) is 32.9 Å². The van der Waals surface area contributed by atoms with Crippen LogP contribution in [0, 0.1) is 5.82 Å². The molecule has 1 aromatic heterocycles. The molecule has 0 aliphatic heterocycles. The van der Waals surface area contributed by atoms with E-state index in [9.17, 15) is 9.18 Å². The molecule has 2 aromatic rings. The lowest BCUT2D eigenvalue weighted by molar-refractivity contribution is 0.623. The van der Waals surface area contributed by atoms with E-state index < -0.39 is 0 Å². The van der Waals surface area contributed by atoms with Gasteiger partial charge >= 0.3 is 0 Å². The molecule has 1 unspecified atom stereocenters. The van der Waals surface area contributed by atoms with Crippen LogP contribution in [-0.2, 0) is 6.54 Å². The molecule has 1 aromatic carbocycles. The largest absolute Gasteiger partial charge is 0.376 e. The third-order valence-electron chi connectivity index (χ3n) is 3.01. The van der Waals surface area contributed by atoms with Crippen molar-refractivity contribution in [2.75, 3.05) is 5.32 Å². The van der Waals surface area contributed by atoms with Crippen molar-refractivity contribution in [2.24, 2.45) is 0 Å². The lowest BCUT2D eigenvalue weighted by atomic mass is 10.1. The lowest BCUT2D eigenvalue weighted by Gasteiger charge is -2.17. The van der Waals surface area contributed by atoms with Crippen LogP contribution in [-0.4, -0.2) is 9.78 Å². The Bertz CT molecular complexity index is 714. The van der Waals surface area contributed by atoms with Gasteiger partial charge in [-0.2, -0.15) is 5.10 Å². The van der Waals surface area contributed by atoms with Crippen LogP contribution in [0.25, 0.3) is 0 Å². The number of halogens is 2. The second-order valence-corrected chi connectivity index (χ2v) is 5.36. The first kappa shape index (κ1) is 15.4. The fraction of sp³-hybridized carbons (Fsp3) is 0.200. The van der Waals surface area contributed by atoms with Crippen LogP contribution in [0.2, 0.25) is 0 Å². The fourth-order valence-electron chi connectivity index (χ4n) is 1.91. The molecule has 21 heavy (non-hydrogen) atoms. The van der Waals surface area contributed by atoms with E-state index in [0.29, 0.717) is 16.7 Å². The molecule has 2 rings (SSSR count). The van der Waals surface area contributed by atoms with E-state index in [1.807, 2.05) is 13.0 Å². The number of anilines is 1. The van der Waals surface area contributed by atoms with E-state index in [0.717, 1.165) is 5.56 Å². The number of hydrogen-bond donors (Lipinski definition) is 1. The van der Waals surface area contributed by atoms with Crippen molar-refractivity contribution < 1.29 is 4.39 Å². The molecule has 6 heteroatoms. The van der Waals surface area contributed by atoms with Gasteiger partial charge in [0, 0.05) is 6.04 Å².